The second-order valence-electron chi connectivity index (χ2n) is 9.64. The largest absolute Gasteiger partial charge is 0.436 e. The number of ether oxygens (including phenoxy) is 6. The number of hydrogen-bond donors (Lipinski definition) is 0. The number of hydrogen-bond acceptors (Lipinski definition) is 7. The summed E-state index contributed by atoms with van der Waals surface area (Å²) in [6.07, 6.45) is 5.38. The molecule has 7 heteroatoms. The summed E-state index contributed by atoms with van der Waals surface area (Å²) in [6.45, 7) is 6.95. The summed E-state index contributed by atoms with van der Waals surface area (Å²) in [7, 11) is 0. The monoisotopic (exact) mass is 396 g/mol. The molecule has 158 valence electrons. The second kappa shape index (κ2) is 6.91. The van der Waals surface area contributed by atoms with E-state index in [-0.39, 0.29) is 41.6 Å². The molecule has 28 heavy (non-hydrogen) atoms. The van der Waals surface area contributed by atoms with Crippen LogP contribution in [0.5, 0.6) is 0 Å². The zero-order valence-corrected chi connectivity index (χ0v) is 17.1. The minimum absolute atomic E-state index is 0.0117. The Morgan fingerprint density at radius 3 is 2.54 bits per heavy atom. The van der Waals surface area contributed by atoms with Gasteiger partial charge in [-0.15, -0.1) is 0 Å². The molecule has 5 rings (SSSR count). The van der Waals surface area contributed by atoms with Gasteiger partial charge in [-0.3, -0.25) is 4.79 Å². The van der Waals surface area contributed by atoms with Crippen LogP contribution in [-0.2, 0) is 33.2 Å². The van der Waals surface area contributed by atoms with Crippen LogP contribution in [0, 0.1) is 11.8 Å². The Balaban J connectivity index is 1.01. The molecule has 0 aromatic carbocycles. The van der Waals surface area contributed by atoms with Crippen LogP contribution in [0.15, 0.2) is 0 Å². The van der Waals surface area contributed by atoms with E-state index in [2.05, 4.69) is 13.8 Å². The van der Waals surface area contributed by atoms with Gasteiger partial charge in [0, 0.05) is 5.92 Å². The molecule has 2 saturated carbocycles. The lowest BCUT2D eigenvalue weighted by molar-refractivity contribution is -0.187. The first-order valence-electron chi connectivity index (χ1n) is 10.8. The zero-order valence-electron chi connectivity index (χ0n) is 17.1. The van der Waals surface area contributed by atoms with E-state index in [4.69, 9.17) is 28.4 Å². The normalized spacial score (nSPS) is 50.4. The maximum Gasteiger partial charge on any atom is 0.311 e. The molecule has 0 N–H and O–H groups in total. The fraction of sp³-hybridized carbons (Fsp3) is 0.952. The third kappa shape index (κ3) is 3.72. The molecule has 9 unspecified atom stereocenters. The molecule has 7 nitrogen and oxygen atoms in total. The van der Waals surface area contributed by atoms with Gasteiger partial charge in [-0.05, 0) is 59.3 Å². The van der Waals surface area contributed by atoms with Crippen LogP contribution in [0.1, 0.15) is 59.3 Å². The van der Waals surface area contributed by atoms with Crippen LogP contribution in [0.2, 0.25) is 0 Å². The molecule has 0 spiro atoms. The van der Waals surface area contributed by atoms with Gasteiger partial charge in [0.2, 0.25) is 0 Å². The molecule has 0 amide bonds. The molecule has 3 saturated heterocycles. The van der Waals surface area contributed by atoms with Crippen molar-refractivity contribution < 1.29 is 33.2 Å². The Hall–Kier alpha value is -0.730. The van der Waals surface area contributed by atoms with Crippen molar-refractivity contribution in [2.45, 2.75) is 101 Å². The third-order valence-corrected chi connectivity index (χ3v) is 7.38. The quantitative estimate of drug-likeness (QED) is 0.388. The molecule has 9 atom stereocenters. The van der Waals surface area contributed by atoms with Gasteiger partial charge in [-0.1, -0.05) is 0 Å². The summed E-state index contributed by atoms with van der Waals surface area (Å²) in [5.41, 5.74) is 0.122. The van der Waals surface area contributed by atoms with Gasteiger partial charge in [-0.25, -0.2) is 0 Å². The molecular formula is C21H32O7. The average Bonchev–Trinajstić information content (AvgIpc) is 3.46. The second-order valence-corrected chi connectivity index (χ2v) is 9.64. The van der Waals surface area contributed by atoms with E-state index in [9.17, 15) is 4.79 Å². The van der Waals surface area contributed by atoms with Crippen molar-refractivity contribution >= 4 is 5.97 Å². The first-order chi connectivity index (χ1) is 13.3. The highest BCUT2D eigenvalue weighted by molar-refractivity contribution is 5.73. The van der Waals surface area contributed by atoms with Crippen LogP contribution in [0.25, 0.3) is 0 Å². The number of fused-ring (bicyclic) bond motifs is 2. The Labute approximate surface area is 166 Å². The Morgan fingerprint density at radius 1 is 1.11 bits per heavy atom. The maximum absolute atomic E-state index is 12.4. The Bertz CT molecular complexity index is 626. The van der Waals surface area contributed by atoms with E-state index in [1.165, 1.54) is 0 Å². The Morgan fingerprint density at radius 2 is 1.82 bits per heavy atom. The van der Waals surface area contributed by atoms with Crippen LogP contribution in [-0.4, -0.2) is 61.3 Å². The first kappa shape index (κ1) is 19.2. The van der Waals surface area contributed by atoms with Crippen molar-refractivity contribution in [2.75, 3.05) is 13.2 Å². The molecule has 0 aromatic rings. The van der Waals surface area contributed by atoms with Crippen molar-refractivity contribution in [2.24, 2.45) is 11.8 Å². The lowest BCUT2D eigenvalue weighted by Crippen LogP contribution is -2.32. The fourth-order valence-electron chi connectivity index (χ4n) is 5.12. The van der Waals surface area contributed by atoms with E-state index in [1.807, 2.05) is 0 Å². The smallest absolute Gasteiger partial charge is 0.311 e. The minimum Gasteiger partial charge on any atom is -0.436 e. The van der Waals surface area contributed by atoms with Gasteiger partial charge in [0.05, 0.1) is 42.5 Å². The van der Waals surface area contributed by atoms with E-state index in [1.54, 1.807) is 6.92 Å². The number of epoxide rings is 2. The first-order valence-corrected chi connectivity index (χ1v) is 10.8. The average molecular weight is 396 g/mol. The van der Waals surface area contributed by atoms with E-state index in [0.29, 0.717) is 25.2 Å². The summed E-state index contributed by atoms with van der Waals surface area (Å²) in [6, 6.07) is 0. The zero-order chi connectivity index (χ0) is 19.5. The number of esters is 1. The summed E-state index contributed by atoms with van der Waals surface area (Å²) >= 11 is 0. The van der Waals surface area contributed by atoms with Crippen molar-refractivity contribution in [3.8, 4) is 0 Å². The van der Waals surface area contributed by atoms with Crippen molar-refractivity contribution in [1.29, 1.82) is 0 Å². The topological polar surface area (TPSA) is 79.1 Å². The molecule has 3 aliphatic heterocycles. The molecule has 0 aromatic heterocycles. The van der Waals surface area contributed by atoms with Crippen LogP contribution in [0.3, 0.4) is 0 Å². The maximum atomic E-state index is 12.4. The predicted molar refractivity (Wildman–Crippen MR) is 97.4 cm³/mol. The summed E-state index contributed by atoms with van der Waals surface area (Å²) in [5.74, 6) is 0.132. The van der Waals surface area contributed by atoms with Gasteiger partial charge in [0.15, 0.2) is 12.6 Å². The Kier molecular flexibility index (Phi) is 4.75. The lowest BCUT2D eigenvalue weighted by Gasteiger charge is -2.26. The molecule has 5 aliphatic rings. The summed E-state index contributed by atoms with van der Waals surface area (Å²) < 4.78 is 34.6. The number of carbonyl (C=O) groups excluding carboxylic acids is 1. The standard InChI is InChI=1S/C21H32O7/c1-12(25-18(22)13-4-6-20(2)16(8-13)27-20)23-10-15-11-24-19(26-15)14-5-7-21(3)17(9-14)28-21/h12-17,19H,4-11H2,1-3H3. The minimum atomic E-state index is -0.584. The molecule has 0 bridgehead atoms. The summed E-state index contributed by atoms with van der Waals surface area (Å²) in [4.78, 5) is 12.4. The predicted octanol–water partition coefficient (Wildman–Crippen LogP) is 2.55. The highest BCUT2D eigenvalue weighted by atomic mass is 16.7. The van der Waals surface area contributed by atoms with Gasteiger partial charge < -0.3 is 28.4 Å². The van der Waals surface area contributed by atoms with E-state index >= 15 is 0 Å². The lowest BCUT2D eigenvalue weighted by atomic mass is 9.82. The molecule has 0 radical (unpaired) electrons. The van der Waals surface area contributed by atoms with Crippen LogP contribution < -0.4 is 0 Å². The van der Waals surface area contributed by atoms with Gasteiger partial charge >= 0.3 is 5.97 Å². The highest BCUT2D eigenvalue weighted by Crippen LogP contribution is 2.51. The van der Waals surface area contributed by atoms with Crippen molar-refractivity contribution in [3.63, 3.8) is 0 Å². The number of carbonyl (C=O) groups is 1. The third-order valence-electron chi connectivity index (χ3n) is 7.38. The van der Waals surface area contributed by atoms with E-state index < -0.39 is 6.29 Å². The molecule has 2 aliphatic carbocycles. The van der Waals surface area contributed by atoms with Crippen LogP contribution >= 0.6 is 0 Å². The van der Waals surface area contributed by atoms with Gasteiger partial charge in [0.1, 0.15) is 6.10 Å². The SMILES string of the molecule is CC(OCC1COC(C2CCC3(C)OC3C2)O1)OC(=O)C1CCC2(C)OC2C1. The van der Waals surface area contributed by atoms with Gasteiger partial charge in [-0.2, -0.15) is 0 Å². The molecule has 3 heterocycles. The van der Waals surface area contributed by atoms with Gasteiger partial charge in [0.25, 0.3) is 0 Å². The molecule has 5 fully saturated rings. The summed E-state index contributed by atoms with van der Waals surface area (Å²) in [5, 5.41) is 0. The fourth-order valence-corrected chi connectivity index (χ4v) is 5.12. The van der Waals surface area contributed by atoms with Crippen LogP contribution in [0.4, 0.5) is 0 Å². The van der Waals surface area contributed by atoms with E-state index in [0.717, 1.165) is 38.5 Å². The van der Waals surface area contributed by atoms with Crippen molar-refractivity contribution in [1.82, 2.24) is 0 Å². The number of rotatable bonds is 6. The van der Waals surface area contributed by atoms with Crippen molar-refractivity contribution in [3.05, 3.63) is 0 Å². The molecular weight excluding hydrogens is 364 g/mol. The highest BCUT2D eigenvalue weighted by Gasteiger charge is 2.57.